The molecule has 0 spiro atoms. The van der Waals surface area contributed by atoms with E-state index in [1.165, 1.54) is 11.8 Å². The molecule has 1 atom stereocenters. The molecule has 406 valence electrons. The molecule has 0 saturated carbocycles. The Labute approximate surface area is 476 Å². The second kappa shape index (κ2) is 24.1. The van der Waals surface area contributed by atoms with Gasteiger partial charge < -0.3 is 23.9 Å². The van der Waals surface area contributed by atoms with Gasteiger partial charge in [-0.2, -0.15) is 0 Å². The van der Waals surface area contributed by atoms with E-state index >= 15 is 0 Å². The number of hydrogen-bond donors (Lipinski definition) is 2. The van der Waals surface area contributed by atoms with Crippen molar-refractivity contribution in [3.63, 3.8) is 0 Å². The van der Waals surface area contributed by atoms with Crippen molar-refractivity contribution in [1.29, 1.82) is 0 Å². The number of tetrazole rings is 1. The number of nitrogens with one attached hydrogen (secondary N) is 2. The quantitative estimate of drug-likeness (QED) is 0.0393. The van der Waals surface area contributed by atoms with E-state index in [0.717, 1.165) is 78.6 Å². The minimum Gasteiger partial charge on any atom is -0.486 e. The van der Waals surface area contributed by atoms with Crippen LogP contribution in [0.1, 0.15) is 70.2 Å². The molecule has 1 fully saturated rings. The molecule has 2 N–H and O–H groups in total. The first kappa shape index (κ1) is 53.9. The van der Waals surface area contributed by atoms with E-state index in [-0.39, 0.29) is 47.5 Å². The Kier molecular flexibility index (Phi) is 16.0. The summed E-state index contributed by atoms with van der Waals surface area (Å²) < 4.78 is 17.4. The summed E-state index contributed by atoms with van der Waals surface area (Å²) in [5, 5.41) is 18.4. The zero-order valence-corrected chi connectivity index (χ0v) is 46.3. The Morgan fingerprint density at radius 2 is 1.38 bits per heavy atom. The van der Waals surface area contributed by atoms with Crippen LogP contribution in [0.25, 0.3) is 33.5 Å². The molecule has 10 aromatic rings. The molecule has 0 radical (unpaired) electrons. The lowest BCUT2D eigenvalue weighted by atomic mass is 9.77. The van der Waals surface area contributed by atoms with E-state index in [4.69, 9.17) is 29.8 Å². The summed E-state index contributed by atoms with van der Waals surface area (Å²) in [6.45, 7) is 4.45. The van der Waals surface area contributed by atoms with Gasteiger partial charge in [-0.05, 0) is 99.5 Å². The number of ether oxygens (including phenoxy) is 2. The minimum atomic E-state index is -0.936. The Morgan fingerprint density at radius 1 is 0.741 bits per heavy atom. The van der Waals surface area contributed by atoms with Crippen LogP contribution >= 0.6 is 23.5 Å². The van der Waals surface area contributed by atoms with Gasteiger partial charge >= 0.3 is 5.97 Å². The smallest absolute Gasteiger partial charge is 0.358 e. The number of imidazole rings is 2. The minimum absolute atomic E-state index is 0.0506. The number of nitrogens with zero attached hydrogens (tertiary/aromatic N) is 8. The van der Waals surface area contributed by atoms with Crippen LogP contribution in [0.2, 0.25) is 0 Å². The highest BCUT2D eigenvalue weighted by Gasteiger charge is 2.42. The first-order valence-electron chi connectivity index (χ1n) is 26.6. The number of aromatic nitrogens is 8. The molecule has 3 aromatic heterocycles. The number of imide groups is 1. The number of carbonyl (C=O) groups is 4. The van der Waals surface area contributed by atoms with E-state index < -0.39 is 16.8 Å². The summed E-state index contributed by atoms with van der Waals surface area (Å²) in [7, 11) is 1.92. The maximum absolute atomic E-state index is 13.9. The molecule has 1 aliphatic heterocycles. The topological polar surface area (TPSA) is 190 Å². The number of hydrogen-bond acceptors (Lipinski definition) is 13. The lowest BCUT2D eigenvalue weighted by Crippen LogP contribution is -2.39. The maximum atomic E-state index is 13.9. The lowest BCUT2D eigenvalue weighted by Gasteiger charge is -2.36. The number of rotatable bonds is 21. The molecular formula is C63H56N10O6S2. The van der Waals surface area contributed by atoms with E-state index in [9.17, 15) is 19.2 Å². The molecule has 4 heterocycles. The fourth-order valence-electron chi connectivity index (χ4n) is 10.3. The molecule has 1 unspecified atom stereocenters. The Balaban J connectivity index is 0.806. The molecule has 0 bridgehead atoms. The van der Waals surface area contributed by atoms with Crippen molar-refractivity contribution >= 4 is 63.4 Å². The molecule has 11 rings (SSSR count). The van der Waals surface area contributed by atoms with Crippen molar-refractivity contribution in [1.82, 2.24) is 44.6 Å². The zero-order chi connectivity index (χ0) is 55.9. The van der Waals surface area contributed by atoms with Crippen LogP contribution < -0.4 is 15.4 Å². The molecular weight excluding hydrogens is 1060 g/mol. The van der Waals surface area contributed by atoms with Crippen LogP contribution in [-0.2, 0) is 52.9 Å². The molecule has 0 aliphatic carbocycles. The van der Waals surface area contributed by atoms with E-state index in [1.54, 1.807) is 6.92 Å². The average Bonchev–Trinajstić information content (AvgIpc) is 4.40. The number of amides is 3. The third-order valence-electron chi connectivity index (χ3n) is 14.2. The fraction of sp³-hybridized carbons (Fsp3) is 0.190. The molecule has 1 aliphatic rings. The van der Waals surface area contributed by atoms with Gasteiger partial charge in [0.1, 0.15) is 29.5 Å². The highest BCUT2D eigenvalue weighted by molar-refractivity contribution is 8.15. The summed E-state index contributed by atoms with van der Waals surface area (Å²) in [4.78, 5) is 61.8. The Morgan fingerprint density at radius 3 is 2.01 bits per heavy atom. The Bertz CT molecular complexity index is 3790. The number of benzene rings is 7. The van der Waals surface area contributed by atoms with E-state index in [2.05, 4.69) is 70.4 Å². The van der Waals surface area contributed by atoms with Gasteiger partial charge in [0, 0.05) is 30.5 Å². The normalized spacial score (nSPS) is 13.3. The highest BCUT2D eigenvalue weighted by Crippen LogP contribution is 2.43. The van der Waals surface area contributed by atoms with Gasteiger partial charge in [0.25, 0.3) is 5.24 Å². The summed E-state index contributed by atoms with van der Waals surface area (Å²) in [6, 6.07) is 60.6. The largest absolute Gasteiger partial charge is 0.486 e. The van der Waals surface area contributed by atoms with Crippen LogP contribution in [0.4, 0.5) is 10.6 Å². The molecule has 16 nitrogen and oxygen atoms in total. The van der Waals surface area contributed by atoms with Gasteiger partial charge in [-0.25, -0.2) is 19.4 Å². The van der Waals surface area contributed by atoms with Crippen molar-refractivity contribution in [2.45, 2.75) is 61.9 Å². The number of anilines is 1. The van der Waals surface area contributed by atoms with Crippen LogP contribution in [0.3, 0.4) is 0 Å². The van der Waals surface area contributed by atoms with E-state index in [1.807, 2.05) is 155 Å². The highest BCUT2D eigenvalue weighted by atomic mass is 32.2. The van der Waals surface area contributed by atoms with Gasteiger partial charge in [0.05, 0.1) is 28.6 Å². The van der Waals surface area contributed by atoms with Crippen LogP contribution in [0.15, 0.2) is 187 Å². The second-order valence-corrected chi connectivity index (χ2v) is 21.6. The van der Waals surface area contributed by atoms with Gasteiger partial charge in [0.2, 0.25) is 11.8 Å². The van der Waals surface area contributed by atoms with Gasteiger partial charge in [-0.1, -0.05) is 170 Å². The summed E-state index contributed by atoms with van der Waals surface area (Å²) >= 11 is 2.37. The second-order valence-electron chi connectivity index (χ2n) is 19.3. The van der Waals surface area contributed by atoms with Gasteiger partial charge in [-0.15, -0.1) is 16.9 Å². The zero-order valence-electron chi connectivity index (χ0n) is 44.7. The average molecular weight is 1110 g/mol. The fourth-order valence-corrected chi connectivity index (χ4v) is 11.9. The monoisotopic (exact) mass is 1110 g/mol. The number of thioether (sulfide) groups is 2. The number of carbonyl (C=O) groups excluding carboxylic acids is 4. The third kappa shape index (κ3) is 11.2. The SMILES string of the molecule is CCCc1nc(NC(=O)CSc2ccc3nc(COc4ccc(CC5SC(=O)NC5=O)cc4)n(C)c3c2)c(C(=O)OCC)n1Cc1ccc(-c2ccccc2-c2nnnn2C(c2ccccc2)(c2ccccc2)c2ccccc2)cc1. The lowest BCUT2D eigenvalue weighted by molar-refractivity contribution is -0.119. The van der Waals surface area contributed by atoms with Crippen LogP contribution in [0, 0.1) is 0 Å². The van der Waals surface area contributed by atoms with Crippen molar-refractivity contribution in [2.24, 2.45) is 7.05 Å². The Hall–Kier alpha value is -9.13. The molecule has 3 amide bonds. The first-order valence-corrected chi connectivity index (χ1v) is 28.5. The molecule has 1 saturated heterocycles. The first-order chi connectivity index (χ1) is 39.6. The standard InChI is InChI=1S/C63H56N10O6S2/c1-4-17-54-65-58(66-56(74)40-80-48-34-35-51-52(37-48)71(3)55(64-51)39-79-47-32-28-41(29-33-47)36-53-60(75)67-62(77)81-53)57(61(76)78-5-2)72(54)38-42-26-30-43(31-27-42)49-24-15-16-25-50(49)59-68-69-70-73(59)63(44-18-9-6-10-19-44,45-20-11-7-12-21-45)46-22-13-8-14-23-46/h6-16,18-35,37,53H,4-5,17,36,38-40H2,1-3H3,(H,66,74)(H,67,75,77). The van der Waals surface area contributed by atoms with E-state index in [0.29, 0.717) is 42.6 Å². The number of fused-ring (bicyclic) bond motifs is 1. The molecule has 7 aromatic carbocycles. The molecule has 18 heteroatoms. The predicted octanol–water partition coefficient (Wildman–Crippen LogP) is 11.3. The molecule has 81 heavy (non-hydrogen) atoms. The van der Waals surface area contributed by atoms with Crippen molar-refractivity contribution in [2.75, 3.05) is 17.7 Å². The van der Waals surface area contributed by atoms with Crippen LogP contribution in [-0.4, -0.2) is 79.9 Å². The van der Waals surface area contributed by atoms with Gasteiger partial charge in [-0.3, -0.25) is 19.7 Å². The summed E-state index contributed by atoms with van der Waals surface area (Å²) in [6.07, 6.45) is 1.75. The summed E-state index contributed by atoms with van der Waals surface area (Å²) in [5.41, 5.74) is 8.42. The van der Waals surface area contributed by atoms with Crippen molar-refractivity contribution < 1.29 is 28.7 Å². The van der Waals surface area contributed by atoms with Crippen molar-refractivity contribution in [3.05, 3.63) is 227 Å². The third-order valence-corrected chi connectivity index (χ3v) is 16.2. The maximum Gasteiger partial charge on any atom is 0.358 e. The predicted molar refractivity (Wildman–Crippen MR) is 314 cm³/mol. The van der Waals surface area contributed by atoms with Crippen molar-refractivity contribution in [3.8, 4) is 28.3 Å². The number of esters is 1. The summed E-state index contributed by atoms with van der Waals surface area (Å²) in [5.74, 6) is 1.61. The van der Waals surface area contributed by atoms with Gasteiger partial charge in [0.15, 0.2) is 17.3 Å². The number of aryl methyl sites for hydroxylation is 2. The van der Waals surface area contributed by atoms with Crippen LogP contribution in [0.5, 0.6) is 5.75 Å².